The monoisotopic (exact) mass is 413 g/mol. The number of ether oxygens (including phenoxy) is 1. The predicted molar refractivity (Wildman–Crippen MR) is 105 cm³/mol. The number of amides is 2. The highest BCUT2D eigenvalue weighted by molar-refractivity contribution is 7.14. The molecule has 9 heteroatoms. The van der Waals surface area contributed by atoms with Crippen LogP contribution in [0.15, 0.2) is 18.2 Å². The highest BCUT2D eigenvalue weighted by atomic mass is 32.1. The Morgan fingerprint density at radius 3 is 2.83 bits per heavy atom. The average Bonchev–Trinajstić information content (AvgIpc) is 3.21. The summed E-state index contributed by atoms with van der Waals surface area (Å²) in [7, 11) is 1.62. The number of nitrogens with zero attached hydrogens (tertiary/aromatic N) is 2. The lowest BCUT2D eigenvalue weighted by Gasteiger charge is -2.19. The molecule has 8 nitrogen and oxygen atoms in total. The van der Waals surface area contributed by atoms with Crippen LogP contribution in [0.2, 0.25) is 0 Å². The summed E-state index contributed by atoms with van der Waals surface area (Å²) in [5, 5.41) is 21.3. The van der Waals surface area contributed by atoms with Gasteiger partial charge >= 0.3 is 0 Å². The van der Waals surface area contributed by atoms with Gasteiger partial charge < -0.3 is 25.6 Å². The minimum atomic E-state index is -1.70. The minimum absolute atomic E-state index is 0.0149. The molecule has 1 fully saturated rings. The number of primary amides is 1. The number of aromatic nitrogens is 1. The largest absolute Gasteiger partial charge is 0.489 e. The van der Waals surface area contributed by atoms with Crippen molar-refractivity contribution in [3.05, 3.63) is 33.6 Å². The zero-order valence-corrected chi connectivity index (χ0v) is 16.7. The third-order valence-corrected chi connectivity index (χ3v) is 6.32. The van der Waals surface area contributed by atoms with E-state index < -0.39 is 23.0 Å². The Bertz CT molecular complexity index is 1100. The summed E-state index contributed by atoms with van der Waals surface area (Å²) in [6, 6.07) is 5.07. The maximum absolute atomic E-state index is 12.1. The van der Waals surface area contributed by atoms with Gasteiger partial charge in [-0.25, -0.2) is 4.98 Å². The summed E-state index contributed by atoms with van der Waals surface area (Å²) in [6.45, 7) is 2.01. The van der Waals surface area contributed by atoms with Crippen LogP contribution in [-0.2, 0) is 10.4 Å². The molecule has 0 radical (unpaired) electrons. The predicted octanol–water partition coefficient (Wildman–Crippen LogP) is 0.454. The van der Waals surface area contributed by atoms with E-state index in [9.17, 15) is 19.8 Å². The van der Waals surface area contributed by atoms with Crippen molar-refractivity contribution in [2.24, 2.45) is 5.73 Å². The number of carbonyl (C=O) groups excluding carboxylic acids is 2. The van der Waals surface area contributed by atoms with E-state index in [1.807, 2.05) is 0 Å². The topological polar surface area (TPSA) is 126 Å². The van der Waals surface area contributed by atoms with E-state index >= 15 is 0 Å². The van der Waals surface area contributed by atoms with E-state index in [2.05, 4.69) is 16.8 Å². The first kappa shape index (κ1) is 19.4. The summed E-state index contributed by atoms with van der Waals surface area (Å²) in [4.78, 5) is 29.9. The molecule has 2 aliphatic rings. The van der Waals surface area contributed by atoms with Crippen molar-refractivity contribution in [2.45, 2.75) is 24.5 Å². The van der Waals surface area contributed by atoms with Crippen molar-refractivity contribution in [2.75, 3.05) is 20.2 Å². The molecule has 2 aliphatic heterocycles. The second kappa shape index (κ2) is 6.56. The Morgan fingerprint density at radius 1 is 1.41 bits per heavy atom. The number of carbonyl (C=O) groups is 2. The third kappa shape index (κ3) is 3.25. The molecule has 2 amide bonds. The van der Waals surface area contributed by atoms with E-state index in [0.29, 0.717) is 34.0 Å². The minimum Gasteiger partial charge on any atom is -0.489 e. The van der Waals surface area contributed by atoms with Crippen molar-refractivity contribution in [1.29, 1.82) is 0 Å². The van der Waals surface area contributed by atoms with Gasteiger partial charge in [0.15, 0.2) is 5.01 Å². The van der Waals surface area contributed by atoms with Crippen LogP contribution in [0.3, 0.4) is 0 Å². The number of fused-ring (bicyclic) bond motifs is 3. The van der Waals surface area contributed by atoms with Crippen molar-refractivity contribution in [3.8, 4) is 28.8 Å². The zero-order valence-electron chi connectivity index (χ0n) is 15.9. The van der Waals surface area contributed by atoms with Crippen LogP contribution in [0.4, 0.5) is 0 Å². The molecule has 1 unspecified atom stereocenters. The van der Waals surface area contributed by atoms with Gasteiger partial charge in [-0.3, -0.25) is 9.59 Å². The number of likely N-dealkylation sites (tertiary alicyclic amines) is 1. The Kier molecular flexibility index (Phi) is 4.38. The fourth-order valence-corrected chi connectivity index (χ4v) is 4.28. The molecule has 2 aromatic rings. The SMILES string of the molecule is CN1CC[C@@](O)(C#Cc2ccc3c(c2)-c2nc(C(N)=O)sc2C(C)(O)CO3)C1=O. The first-order valence-corrected chi connectivity index (χ1v) is 9.74. The fourth-order valence-electron chi connectivity index (χ4n) is 3.32. The molecular formula is C20H19N3O5S. The van der Waals surface area contributed by atoms with E-state index in [1.54, 1.807) is 32.2 Å². The van der Waals surface area contributed by atoms with Gasteiger partial charge in [0.2, 0.25) is 5.60 Å². The highest BCUT2D eigenvalue weighted by Crippen LogP contribution is 2.43. The summed E-state index contributed by atoms with van der Waals surface area (Å²) < 4.78 is 5.73. The number of aliphatic hydroxyl groups is 2. The van der Waals surface area contributed by atoms with E-state index in [1.165, 1.54) is 4.90 Å². The molecule has 150 valence electrons. The average molecular weight is 413 g/mol. The molecular weight excluding hydrogens is 394 g/mol. The first-order chi connectivity index (χ1) is 13.6. The fraction of sp³-hybridized carbons (Fsp3) is 0.350. The van der Waals surface area contributed by atoms with Gasteiger partial charge in [0, 0.05) is 31.1 Å². The van der Waals surface area contributed by atoms with Gasteiger partial charge in [0.25, 0.3) is 11.8 Å². The number of nitrogens with two attached hydrogens (primary N) is 1. The Balaban J connectivity index is 1.79. The van der Waals surface area contributed by atoms with Crippen molar-refractivity contribution >= 4 is 23.2 Å². The van der Waals surface area contributed by atoms with Crippen LogP contribution in [0, 0.1) is 11.8 Å². The summed E-state index contributed by atoms with van der Waals surface area (Å²) in [5.41, 5.74) is 3.81. The standard InChI is InChI=1S/C20H19N3O5S/c1-19(26)10-28-13-4-3-11(5-6-20(27)7-8-23(2)18(20)25)9-12(13)14-15(19)29-17(22-14)16(21)24/h3-4,9,26-27H,7-8,10H2,1-2H3,(H2,21,24)/t19?,20-/m0/s1. The van der Waals surface area contributed by atoms with E-state index in [-0.39, 0.29) is 18.0 Å². The number of hydrogen-bond acceptors (Lipinski definition) is 7. The molecule has 0 spiro atoms. The highest BCUT2D eigenvalue weighted by Gasteiger charge is 2.42. The molecule has 1 saturated heterocycles. The lowest BCUT2D eigenvalue weighted by atomic mass is 9.99. The lowest BCUT2D eigenvalue weighted by molar-refractivity contribution is -0.137. The first-order valence-electron chi connectivity index (χ1n) is 8.92. The molecule has 0 aliphatic carbocycles. The molecule has 4 rings (SSSR count). The molecule has 3 heterocycles. The Morgan fingerprint density at radius 2 is 2.17 bits per heavy atom. The Hall–Kier alpha value is -2.93. The number of benzene rings is 1. The maximum atomic E-state index is 12.1. The smallest absolute Gasteiger partial charge is 0.277 e. The number of rotatable bonds is 1. The van der Waals surface area contributed by atoms with Crippen LogP contribution in [0.25, 0.3) is 11.3 Å². The molecule has 29 heavy (non-hydrogen) atoms. The number of likely N-dealkylation sites (N-methyl/N-ethyl adjacent to an activating group) is 1. The maximum Gasteiger partial charge on any atom is 0.277 e. The van der Waals surface area contributed by atoms with Gasteiger partial charge in [-0.15, -0.1) is 11.3 Å². The number of hydrogen-bond donors (Lipinski definition) is 3. The second-order valence-corrected chi connectivity index (χ2v) is 8.42. The lowest BCUT2D eigenvalue weighted by Crippen LogP contribution is -2.37. The molecule has 0 saturated carbocycles. The molecule has 2 atom stereocenters. The van der Waals surface area contributed by atoms with Crippen molar-refractivity contribution in [3.63, 3.8) is 0 Å². The van der Waals surface area contributed by atoms with Gasteiger partial charge in [-0.1, -0.05) is 11.8 Å². The Labute approximate surface area is 170 Å². The van der Waals surface area contributed by atoms with E-state index in [4.69, 9.17) is 10.5 Å². The summed E-state index contributed by atoms with van der Waals surface area (Å²) >= 11 is 1.02. The second-order valence-electron chi connectivity index (χ2n) is 7.42. The summed E-state index contributed by atoms with van der Waals surface area (Å²) in [6.07, 6.45) is 0.241. The third-order valence-electron chi connectivity index (χ3n) is 4.99. The van der Waals surface area contributed by atoms with Gasteiger partial charge in [0.05, 0.1) is 10.6 Å². The molecule has 1 aromatic carbocycles. The van der Waals surface area contributed by atoms with Crippen molar-refractivity contribution in [1.82, 2.24) is 9.88 Å². The van der Waals surface area contributed by atoms with Crippen LogP contribution in [-0.4, -0.2) is 57.7 Å². The number of thiazole rings is 1. The van der Waals surface area contributed by atoms with Gasteiger partial charge in [-0.05, 0) is 25.1 Å². The normalized spacial score (nSPS) is 25.4. The quantitative estimate of drug-likeness (QED) is 0.583. The van der Waals surface area contributed by atoms with Crippen LogP contribution >= 0.6 is 11.3 Å². The zero-order chi connectivity index (χ0) is 21.0. The van der Waals surface area contributed by atoms with Crippen LogP contribution in [0.1, 0.15) is 33.6 Å². The summed E-state index contributed by atoms with van der Waals surface area (Å²) in [5.74, 6) is 4.90. The molecule has 0 bridgehead atoms. The van der Waals surface area contributed by atoms with Gasteiger partial charge in [0.1, 0.15) is 18.0 Å². The van der Waals surface area contributed by atoms with Crippen LogP contribution in [0.5, 0.6) is 5.75 Å². The van der Waals surface area contributed by atoms with E-state index in [0.717, 1.165) is 11.3 Å². The van der Waals surface area contributed by atoms with Crippen molar-refractivity contribution < 1.29 is 24.5 Å². The molecule has 1 aromatic heterocycles. The molecule has 4 N–H and O–H groups in total. The van der Waals surface area contributed by atoms with Gasteiger partial charge in [-0.2, -0.15) is 0 Å². The van der Waals surface area contributed by atoms with Crippen LogP contribution < -0.4 is 10.5 Å².